The van der Waals surface area contributed by atoms with Gasteiger partial charge in [0.15, 0.2) is 5.82 Å². The second-order valence-corrected chi connectivity index (χ2v) is 6.77. The summed E-state index contributed by atoms with van der Waals surface area (Å²) in [7, 11) is 1.54. The molecule has 2 saturated heterocycles. The first kappa shape index (κ1) is 19.6. The van der Waals surface area contributed by atoms with Crippen molar-refractivity contribution in [3.05, 3.63) is 11.7 Å². The molecule has 2 aliphatic rings. The molecule has 150 valence electrons. The lowest BCUT2D eigenvalue weighted by atomic mass is 10.1. The summed E-state index contributed by atoms with van der Waals surface area (Å²) in [6.07, 6.45) is 3.42. The van der Waals surface area contributed by atoms with Gasteiger partial charge in [0.25, 0.3) is 0 Å². The number of hydrogen-bond acceptors (Lipinski definition) is 7. The maximum Gasteiger partial charge on any atom is 0.320 e. The van der Waals surface area contributed by atoms with Crippen LogP contribution in [0, 0.1) is 0 Å². The maximum absolute atomic E-state index is 12.8. The molecule has 1 aromatic rings. The van der Waals surface area contributed by atoms with E-state index in [-0.39, 0.29) is 37.6 Å². The molecule has 2 fully saturated rings. The van der Waals surface area contributed by atoms with E-state index >= 15 is 0 Å². The van der Waals surface area contributed by atoms with Gasteiger partial charge in [0.2, 0.25) is 11.8 Å². The first-order chi connectivity index (χ1) is 13.2. The smallest absolute Gasteiger partial charge is 0.320 e. The summed E-state index contributed by atoms with van der Waals surface area (Å²) in [6.45, 7) is 3.35. The van der Waals surface area contributed by atoms with Gasteiger partial charge in [-0.25, -0.2) is 4.79 Å². The number of carbonyl (C=O) groups is 2. The van der Waals surface area contributed by atoms with Gasteiger partial charge < -0.3 is 29.1 Å². The Morgan fingerprint density at radius 2 is 2.07 bits per heavy atom. The van der Waals surface area contributed by atoms with Crippen LogP contribution in [-0.2, 0) is 27.4 Å². The molecule has 27 heavy (non-hydrogen) atoms. The van der Waals surface area contributed by atoms with Crippen LogP contribution in [0.3, 0.4) is 0 Å². The number of hydrogen-bond donors (Lipinski definition) is 1. The zero-order chi connectivity index (χ0) is 19.1. The Morgan fingerprint density at radius 3 is 2.85 bits per heavy atom. The summed E-state index contributed by atoms with van der Waals surface area (Å²) in [5.41, 5.74) is 0. The van der Waals surface area contributed by atoms with E-state index in [0.29, 0.717) is 31.5 Å². The quantitative estimate of drug-likeness (QED) is 0.765. The van der Waals surface area contributed by atoms with Crippen molar-refractivity contribution in [3.63, 3.8) is 0 Å². The second kappa shape index (κ2) is 9.65. The van der Waals surface area contributed by atoms with E-state index < -0.39 is 0 Å². The number of nitrogens with zero attached hydrogens (tertiary/aromatic N) is 4. The molecule has 3 heterocycles. The number of likely N-dealkylation sites (tertiary alicyclic amines) is 1. The summed E-state index contributed by atoms with van der Waals surface area (Å²) < 4.78 is 15.5. The van der Waals surface area contributed by atoms with Crippen LogP contribution >= 0.6 is 0 Å². The molecule has 2 aliphatic heterocycles. The molecule has 0 spiro atoms. The third-order valence-corrected chi connectivity index (χ3v) is 4.74. The molecule has 1 unspecified atom stereocenters. The molecule has 10 heteroatoms. The lowest BCUT2D eigenvalue weighted by Gasteiger charge is -2.39. The van der Waals surface area contributed by atoms with Crippen LogP contribution in [0.1, 0.15) is 37.4 Å². The van der Waals surface area contributed by atoms with E-state index in [9.17, 15) is 9.59 Å². The van der Waals surface area contributed by atoms with Crippen molar-refractivity contribution in [3.8, 4) is 0 Å². The highest BCUT2D eigenvalue weighted by molar-refractivity contribution is 5.79. The average Bonchev–Trinajstić information content (AvgIpc) is 3.15. The topological polar surface area (TPSA) is 110 Å². The average molecular weight is 381 g/mol. The van der Waals surface area contributed by atoms with E-state index in [2.05, 4.69) is 15.5 Å². The molecule has 0 radical (unpaired) electrons. The van der Waals surface area contributed by atoms with Gasteiger partial charge in [-0.2, -0.15) is 4.98 Å². The zero-order valence-electron chi connectivity index (χ0n) is 15.7. The fraction of sp³-hybridized carbons (Fsp3) is 0.765. The molecule has 1 aromatic heterocycles. The van der Waals surface area contributed by atoms with E-state index in [1.54, 1.807) is 12.0 Å². The molecule has 0 aromatic carbocycles. The maximum atomic E-state index is 12.8. The minimum Gasteiger partial charge on any atom is -0.377 e. The van der Waals surface area contributed by atoms with Gasteiger partial charge >= 0.3 is 6.03 Å². The van der Waals surface area contributed by atoms with Gasteiger partial charge in [0, 0.05) is 33.2 Å². The van der Waals surface area contributed by atoms with Crippen LogP contribution in [0.15, 0.2) is 4.52 Å². The summed E-state index contributed by atoms with van der Waals surface area (Å²) in [5.74, 6) is 0.561. The predicted octanol–water partition coefficient (Wildman–Crippen LogP) is 0.529. The lowest BCUT2D eigenvalue weighted by molar-refractivity contribution is -0.123. The minimum absolute atomic E-state index is 0.0110. The molecule has 0 aliphatic carbocycles. The van der Waals surface area contributed by atoms with Crippen LogP contribution in [0.2, 0.25) is 0 Å². The molecule has 3 rings (SSSR count). The van der Waals surface area contributed by atoms with Crippen molar-refractivity contribution in [1.29, 1.82) is 0 Å². The highest BCUT2D eigenvalue weighted by atomic mass is 16.5. The van der Waals surface area contributed by atoms with Gasteiger partial charge in [-0.15, -0.1) is 0 Å². The van der Waals surface area contributed by atoms with Gasteiger partial charge in [0.1, 0.15) is 6.61 Å². The number of carbonyl (C=O) groups excluding carboxylic acids is 2. The van der Waals surface area contributed by atoms with Crippen molar-refractivity contribution >= 4 is 11.9 Å². The SMILES string of the molecule is COCc1noc(CNC(=O)CC2COCCN2C(=O)N2CCCCC2)n1. The minimum atomic E-state index is -0.264. The molecule has 0 saturated carbocycles. The van der Waals surface area contributed by atoms with Crippen molar-refractivity contribution in [2.24, 2.45) is 0 Å². The van der Waals surface area contributed by atoms with Crippen molar-refractivity contribution in [2.45, 2.75) is 44.9 Å². The molecule has 1 atom stereocenters. The number of piperidine rings is 1. The predicted molar refractivity (Wildman–Crippen MR) is 93.6 cm³/mol. The Hall–Kier alpha value is -2.20. The number of amides is 3. The Morgan fingerprint density at radius 1 is 1.26 bits per heavy atom. The molecule has 3 amide bonds. The summed E-state index contributed by atoms with van der Waals surface area (Å²) in [6, 6.07) is -0.253. The molecular formula is C17H27N5O5. The lowest BCUT2D eigenvalue weighted by Crippen LogP contribution is -2.55. The van der Waals surface area contributed by atoms with E-state index in [0.717, 1.165) is 25.9 Å². The number of urea groups is 1. The van der Waals surface area contributed by atoms with E-state index in [4.69, 9.17) is 14.0 Å². The van der Waals surface area contributed by atoms with Crippen LogP contribution < -0.4 is 5.32 Å². The highest BCUT2D eigenvalue weighted by Crippen LogP contribution is 2.17. The van der Waals surface area contributed by atoms with Crippen LogP contribution in [-0.4, -0.2) is 77.9 Å². The number of nitrogens with one attached hydrogen (secondary N) is 1. The van der Waals surface area contributed by atoms with Crippen molar-refractivity contribution in [1.82, 2.24) is 25.3 Å². The van der Waals surface area contributed by atoms with Gasteiger partial charge in [-0.1, -0.05) is 5.16 Å². The molecular weight excluding hydrogens is 354 g/mol. The monoisotopic (exact) mass is 381 g/mol. The summed E-state index contributed by atoms with van der Waals surface area (Å²) >= 11 is 0. The van der Waals surface area contributed by atoms with E-state index in [1.807, 2.05) is 4.90 Å². The third kappa shape index (κ3) is 5.39. The Balaban J connectivity index is 1.50. The highest BCUT2D eigenvalue weighted by Gasteiger charge is 2.32. The van der Waals surface area contributed by atoms with Crippen molar-refractivity contribution in [2.75, 3.05) is 40.0 Å². The van der Waals surface area contributed by atoms with Crippen molar-refractivity contribution < 1.29 is 23.6 Å². The first-order valence-electron chi connectivity index (χ1n) is 9.37. The van der Waals surface area contributed by atoms with Gasteiger partial charge in [-0.05, 0) is 19.3 Å². The fourth-order valence-electron chi connectivity index (χ4n) is 3.35. The Labute approximate surface area is 158 Å². The number of methoxy groups -OCH3 is 1. The largest absolute Gasteiger partial charge is 0.377 e. The van der Waals surface area contributed by atoms with Gasteiger partial charge in [-0.3, -0.25) is 4.79 Å². The summed E-state index contributed by atoms with van der Waals surface area (Å²) in [4.78, 5) is 32.9. The second-order valence-electron chi connectivity index (χ2n) is 6.77. The van der Waals surface area contributed by atoms with Crippen LogP contribution in [0.25, 0.3) is 0 Å². The van der Waals surface area contributed by atoms with Gasteiger partial charge in [0.05, 0.1) is 25.8 Å². The molecule has 10 nitrogen and oxygen atoms in total. The van der Waals surface area contributed by atoms with Crippen LogP contribution in [0.4, 0.5) is 4.79 Å². The normalized spacial score (nSPS) is 20.6. The fourth-order valence-corrected chi connectivity index (χ4v) is 3.35. The number of morpholine rings is 1. The number of ether oxygens (including phenoxy) is 2. The molecule has 1 N–H and O–H groups in total. The standard InChI is InChI=1S/C17H27N5O5/c1-25-12-14-19-16(27-20-14)10-18-15(23)9-13-11-26-8-7-22(13)17(24)21-5-3-2-4-6-21/h13H,2-12H2,1H3,(H,18,23). The Kier molecular flexibility index (Phi) is 6.99. The summed E-state index contributed by atoms with van der Waals surface area (Å²) in [5, 5.41) is 6.50. The van der Waals surface area contributed by atoms with E-state index in [1.165, 1.54) is 6.42 Å². The Bertz CT molecular complexity index is 631. The first-order valence-corrected chi connectivity index (χ1v) is 9.37. The van der Waals surface area contributed by atoms with Crippen LogP contribution in [0.5, 0.6) is 0 Å². The zero-order valence-corrected chi connectivity index (χ0v) is 15.7. The molecule has 0 bridgehead atoms. The third-order valence-electron chi connectivity index (χ3n) is 4.74. The number of rotatable bonds is 6. The number of aromatic nitrogens is 2.